The zero-order chi connectivity index (χ0) is 41.1. The minimum atomic E-state index is -1.83. The quantitative estimate of drug-likeness (QED) is 0.0438. The zero-order valence-electron chi connectivity index (χ0n) is 32.6. The molecule has 18 heteroatoms. The Bertz CT molecular complexity index is 1150. The second-order valence-electron chi connectivity index (χ2n) is 15.0. The summed E-state index contributed by atoms with van der Waals surface area (Å²) in [6.45, 7) is 4.47. The topological polar surface area (TPSA) is 300 Å². The predicted molar refractivity (Wildman–Crippen MR) is 198 cm³/mol. The van der Waals surface area contributed by atoms with Crippen LogP contribution in [0.2, 0.25) is 0 Å². The highest BCUT2D eigenvalue weighted by atomic mass is 16.7. The number of aliphatic hydroxyl groups excluding tert-OH is 7. The molecule has 0 aromatic rings. The monoisotopic (exact) mass is 792 g/mol. The number of unbranched alkanes of at least 4 members (excludes halogenated alkanes) is 8. The van der Waals surface area contributed by atoms with Gasteiger partial charge in [-0.1, -0.05) is 72.1 Å². The molecule has 320 valence electrons. The van der Waals surface area contributed by atoms with E-state index < -0.39 is 98.5 Å². The first kappa shape index (κ1) is 48.8. The van der Waals surface area contributed by atoms with Crippen LogP contribution >= 0.6 is 0 Å². The van der Waals surface area contributed by atoms with Crippen molar-refractivity contribution in [1.29, 1.82) is 0 Å². The summed E-state index contributed by atoms with van der Waals surface area (Å²) >= 11 is 0. The normalized spacial score (nSPS) is 29.4. The van der Waals surface area contributed by atoms with E-state index in [2.05, 4.69) is 22.9 Å². The van der Waals surface area contributed by atoms with E-state index in [0.717, 1.165) is 19.3 Å². The molecule has 0 aromatic carbocycles. The molecule has 2 rings (SSSR count). The molecule has 2 fully saturated rings. The summed E-state index contributed by atoms with van der Waals surface area (Å²) in [6, 6.07) is -1.38. The Labute approximate surface area is 323 Å². The fraction of sp³-hybridized carbons (Fsp3) is 0.892. The van der Waals surface area contributed by atoms with Gasteiger partial charge in [-0.25, -0.2) is 0 Å². The maximum Gasteiger partial charge on any atom is 0.236 e. The minimum Gasteiger partial charge on any atom is -0.394 e. The van der Waals surface area contributed by atoms with Gasteiger partial charge in [0.25, 0.3) is 0 Å². The molecule has 0 saturated carbocycles. The third-order valence-electron chi connectivity index (χ3n) is 10.1. The van der Waals surface area contributed by atoms with Crippen molar-refractivity contribution in [3.05, 3.63) is 0 Å². The highest BCUT2D eigenvalue weighted by Crippen LogP contribution is 2.29. The van der Waals surface area contributed by atoms with E-state index >= 15 is 0 Å². The first-order valence-corrected chi connectivity index (χ1v) is 19.9. The maximum absolute atomic E-state index is 12.9. The van der Waals surface area contributed by atoms with Crippen molar-refractivity contribution in [2.24, 2.45) is 11.7 Å². The SMILES string of the molecule is CCCCCCCCCCC(N)C(=O)NCCCCC(NC(=O)CCC(=O)N[C@@H]1OC(CO)[C@@H](O[C@@H]2OC(CO)[C@H](O)C(O)[C@@H]2O)[C@H](O)C1O)C(=O)C(C)C. The fourth-order valence-electron chi connectivity index (χ4n) is 6.57. The van der Waals surface area contributed by atoms with Gasteiger partial charge in [-0.05, 0) is 25.7 Å². The van der Waals surface area contributed by atoms with Crippen molar-refractivity contribution in [1.82, 2.24) is 16.0 Å². The van der Waals surface area contributed by atoms with Gasteiger partial charge in [0.2, 0.25) is 17.7 Å². The molecule has 2 saturated heterocycles. The van der Waals surface area contributed by atoms with E-state index in [1.807, 2.05) is 0 Å². The Morgan fingerprint density at radius 1 is 0.709 bits per heavy atom. The average Bonchev–Trinajstić information content (AvgIpc) is 3.16. The number of aliphatic hydroxyl groups is 7. The Morgan fingerprint density at radius 3 is 1.93 bits per heavy atom. The van der Waals surface area contributed by atoms with E-state index in [0.29, 0.717) is 32.2 Å². The van der Waals surface area contributed by atoms with Crippen molar-refractivity contribution >= 4 is 23.5 Å². The van der Waals surface area contributed by atoms with Gasteiger partial charge in [0, 0.05) is 25.3 Å². The van der Waals surface area contributed by atoms with Gasteiger partial charge in [-0.3, -0.25) is 19.2 Å². The number of hydrogen-bond acceptors (Lipinski definition) is 15. The molecule has 2 heterocycles. The number of nitrogens with one attached hydrogen (secondary N) is 3. The molecule has 12 N–H and O–H groups in total. The molecule has 0 spiro atoms. The van der Waals surface area contributed by atoms with Crippen LogP contribution in [0.15, 0.2) is 0 Å². The molecule has 0 aliphatic carbocycles. The third kappa shape index (κ3) is 16.2. The molecule has 2 aliphatic heterocycles. The molecular weight excluding hydrogens is 724 g/mol. The van der Waals surface area contributed by atoms with Crippen molar-refractivity contribution in [2.75, 3.05) is 19.8 Å². The molecule has 0 bridgehead atoms. The lowest BCUT2D eigenvalue weighted by Crippen LogP contribution is -2.66. The van der Waals surface area contributed by atoms with Gasteiger partial charge in [0.1, 0.15) is 48.8 Å². The summed E-state index contributed by atoms with van der Waals surface area (Å²) in [5, 5.41) is 79.0. The Kier molecular flexibility index (Phi) is 22.9. The van der Waals surface area contributed by atoms with Crippen LogP contribution in [0.1, 0.15) is 111 Å². The number of amides is 3. The Balaban J connectivity index is 1.77. The van der Waals surface area contributed by atoms with Crippen LogP contribution in [0.5, 0.6) is 0 Å². The van der Waals surface area contributed by atoms with Gasteiger partial charge < -0.3 is 71.6 Å². The van der Waals surface area contributed by atoms with Crippen LogP contribution in [0.25, 0.3) is 0 Å². The van der Waals surface area contributed by atoms with Crippen LogP contribution in [-0.4, -0.2) is 152 Å². The first-order valence-electron chi connectivity index (χ1n) is 19.9. The Hall–Kier alpha value is -2.36. The summed E-state index contributed by atoms with van der Waals surface area (Å²) in [7, 11) is 0. The Morgan fingerprint density at radius 2 is 1.31 bits per heavy atom. The van der Waals surface area contributed by atoms with Gasteiger partial charge in [0.05, 0.1) is 25.3 Å². The lowest BCUT2D eigenvalue weighted by atomic mass is 9.96. The average molecular weight is 793 g/mol. The highest BCUT2D eigenvalue weighted by Gasteiger charge is 2.50. The lowest BCUT2D eigenvalue weighted by molar-refractivity contribution is -0.343. The molecule has 18 nitrogen and oxygen atoms in total. The van der Waals surface area contributed by atoms with Crippen LogP contribution in [0.4, 0.5) is 0 Å². The molecule has 12 atom stereocenters. The predicted octanol–water partition coefficient (Wildman–Crippen LogP) is -1.64. The number of Topliss-reactive ketones (excluding diaryl/α,β-unsaturated/α-hetero) is 1. The largest absolute Gasteiger partial charge is 0.394 e. The number of rotatable bonds is 26. The van der Waals surface area contributed by atoms with Gasteiger partial charge in [-0.2, -0.15) is 0 Å². The number of ketones is 1. The second kappa shape index (κ2) is 25.8. The van der Waals surface area contributed by atoms with Gasteiger partial charge in [0.15, 0.2) is 18.3 Å². The van der Waals surface area contributed by atoms with Crippen LogP contribution < -0.4 is 21.7 Å². The maximum atomic E-state index is 12.9. The number of carbonyl (C=O) groups is 4. The summed E-state index contributed by atoms with van der Waals surface area (Å²) in [5.74, 6) is -2.08. The summed E-state index contributed by atoms with van der Waals surface area (Å²) < 4.78 is 16.3. The molecule has 2 aliphatic rings. The minimum absolute atomic E-state index is 0.183. The fourth-order valence-corrected chi connectivity index (χ4v) is 6.57. The molecule has 0 aromatic heterocycles. The molecule has 6 unspecified atom stereocenters. The van der Waals surface area contributed by atoms with Crippen LogP contribution in [0, 0.1) is 5.92 Å². The van der Waals surface area contributed by atoms with E-state index in [4.69, 9.17) is 19.9 Å². The molecule has 0 radical (unpaired) electrons. The van der Waals surface area contributed by atoms with E-state index in [1.54, 1.807) is 13.8 Å². The summed E-state index contributed by atoms with van der Waals surface area (Å²) in [4.78, 5) is 50.9. The van der Waals surface area contributed by atoms with Crippen molar-refractivity contribution < 1.29 is 69.1 Å². The van der Waals surface area contributed by atoms with E-state index in [9.17, 15) is 54.9 Å². The van der Waals surface area contributed by atoms with E-state index in [-0.39, 0.29) is 30.4 Å². The van der Waals surface area contributed by atoms with Crippen LogP contribution in [0.3, 0.4) is 0 Å². The standard InChI is InChI=1S/C37H68N4O14/c1-4-5-6-7-8-9-10-11-14-22(38)35(52)39-18-13-12-15-23(28(46)21(2)3)40-26(44)16-17-27(45)41-36-32(50)31(49)34(25(20-43)53-36)55-37-33(51)30(48)29(47)24(19-42)54-37/h21-25,29-34,36-37,42-43,47-51H,4-20,38H2,1-3H3,(H,39,52)(H,40,44)(H,41,45)/t22?,23?,24?,25?,29-,30?,31+,32?,33-,34+,36+,37-/m0/s1. The molecular formula is C37H68N4O14. The number of carbonyl (C=O) groups excluding carboxylic acids is 4. The van der Waals surface area contributed by atoms with Crippen molar-refractivity contribution in [3.63, 3.8) is 0 Å². The smallest absolute Gasteiger partial charge is 0.236 e. The van der Waals surface area contributed by atoms with Gasteiger partial charge >= 0.3 is 0 Å². The van der Waals surface area contributed by atoms with Crippen molar-refractivity contribution in [2.45, 2.75) is 184 Å². The summed E-state index contributed by atoms with van der Waals surface area (Å²) in [5.41, 5.74) is 6.06. The second-order valence-corrected chi connectivity index (χ2v) is 15.0. The van der Waals surface area contributed by atoms with Crippen molar-refractivity contribution in [3.8, 4) is 0 Å². The van der Waals surface area contributed by atoms with E-state index in [1.165, 1.54) is 32.1 Å². The van der Waals surface area contributed by atoms with Crippen LogP contribution in [-0.2, 0) is 33.4 Å². The first-order chi connectivity index (χ1) is 26.2. The molecule has 55 heavy (non-hydrogen) atoms. The number of hydrogen-bond donors (Lipinski definition) is 11. The highest BCUT2D eigenvalue weighted by molar-refractivity contribution is 5.91. The summed E-state index contributed by atoms with van der Waals surface area (Å²) in [6.07, 6.45) is -5.76. The van der Waals surface area contributed by atoms with Gasteiger partial charge in [-0.15, -0.1) is 0 Å². The lowest BCUT2D eigenvalue weighted by Gasteiger charge is -2.46. The zero-order valence-corrected chi connectivity index (χ0v) is 32.6. The third-order valence-corrected chi connectivity index (χ3v) is 10.1. The molecule has 3 amide bonds. The number of ether oxygens (including phenoxy) is 3. The number of nitrogens with two attached hydrogens (primary N) is 1.